The van der Waals surface area contributed by atoms with Crippen molar-refractivity contribution in [1.29, 1.82) is 0 Å². The van der Waals surface area contributed by atoms with E-state index in [1.807, 2.05) is 0 Å². The Morgan fingerprint density at radius 3 is 2.03 bits per heavy atom. The molecule has 1 fully saturated rings. The quantitative estimate of drug-likeness (QED) is 0.656. The summed E-state index contributed by atoms with van der Waals surface area (Å²) in [6.45, 7) is 4.92. The zero-order valence-corrected chi connectivity index (χ0v) is 17.4. The van der Waals surface area contributed by atoms with Gasteiger partial charge in [-0.1, -0.05) is 18.2 Å². The van der Waals surface area contributed by atoms with Crippen molar-refractivity contribution in [2.75, 3.05) is 20.2 Å². The first kappa shape index (κ1) is 21.6. The van der Waals surface area contributed by atoms with Crippen LogP contribution in [-0.2, 0) is 11.4 Å². The van der Waals surface area contributed by atoms with Crippen molar-refractivity contribution in [3.05, 3.63) is 64.2 Å². The molecule has 1 saturated heterocycles. The van der Waals surface area contributed by atoms with Gasteiger partial charge in [0.1, 0.15) is 5.75 Å². The molecule has 3 rings (SSSR count). The van der Waals surface area contributed by atoms with Crippen molar-refractivity contribution in [3.63, 3.8) is 0 Å². The molecule has 1 heterocycles. The van der Waals surface area contributed by atoms with Crippen molar-refractivity contribution in [2.24, 2.45) is 0 Å². The number of hydrogen-bond donors (Lipinski definition) is 3. The van der Waals surface area contributed by atoms with E-state index in [1.165, 1.54) is 7.11 Å². The zero-order valence-electron chi connectivity index (χ0n) is 17.4. The molecule has 3 N–H and O–H groups in total. The Morgan fingerprint density at radius 2 is 1.57 bits per heavy atom. The molecule has 158 valence electrons. The molecule has 0 saturated carbocycles. The van der Waals surface area contributed by atoms with Crippen molar-refractivity contribution < 1.29 is 24.9 Å². The number of ketones is 1. The van der Waals surface area contributed by atoms with Gasteiger partial charge in [0, 0.05) is 35.8 Å². The lowest BCUT2D eigenvalue weighted by molar-refractivity contribution is -0.113. The second kappa shape index (κ2) is 9.15. The number of carbonyl (C=O) groups is 1. The lowest BCUT2D eigenvalue weighted by Crippen LogP contribution is -2.41. The lowest BCUT2D eigenvalue weighted by Gasteiger charge is -2.32. The Balaban J connectivity index is 1.98. The highest BCUT2D eigenvalue weighted by Gasteiger charge is 2.27. The highest BCUT2D eigenvalue weighted by molar-refractivity contribution is 6.14. The van der Waals surface area contributed by atoms with E-state index in [9.17, 15) is 20.1 Å². The first-order chi connectivity index (χ1) is 14.3. The van der Waals surface area contributed by atoms with E-state index in [0.717, 1.165) is 0 Å². The maximum Gasteiger partial charge on any atom is 0.187 e. The molecule has 0 aromatic heterocycles. The standard InChI is InChI=1S/C24H27NO5/c1-15(2)25-12-19(8-16-4-6-18(14-26)21(27)10-16)24(29)20(13-25)9-17-5-7-23(30-3)22(28)11-17/h4-11,15,26-28H,12-14H2,1-3H3/b19-8+,20-9+. The molecule has 0 amide bonds. The van der Waals surface area contributed by atoms with Gasteiger partial charge in [0.25, 0.3) is 0 Å². The molecule has 0 bridgehead atoms. The Hall–Kier alpha value is -3.09. The van der Waals surface area contributed by atoms with Crippen molar-refractivity contribution in [2.45, 2.75) is 26.5 Å². The Kier molecular flexibility index (Phi) is 6.59. The van der Waals surface area contributed by atoms with Crippen LogP contribution in [0.2, 0.25) is 0 Å². The summed E-state index contributed by atoms with van der Waals surface area (Å²) >= 11 is 0. The van der Waals surface area contributed by atoms with Crippen molar-refractivity contribution >= 4 is 17.9 Å². The number of Topliss-reactive ketones (excluding diaryl/α,β-unsaturated/α-hetero) is 1. The SMILES string of the molecule is COc1ccc(/C=C2\CN(C(C)C)C/C(=C\c3ccc(CO)c(O)c3)C2=O)cc1O. The van der Waals surface area contributed by atoms with Crippen LogP contribution in [0.25, 0.3) is 12.2 Å². The van der Waals surface area contributed by atoms with E-state index in [2.05, 4.69) is 18.7 Å². The summed E-state index contributed by atoms with van der Waals surface area (Å²) in [7, 11) is 1.49. The molecule has 0 atom stereocenters. The molecule has 30 heavy (non-hydrogen) atoms. The van der Waals surface area contributed by atoms with Crippen LogP contribution in [0.1, 0.15) is 30.5 Å². The van der Waals surface area contributed by atoms with Gasteiger partial charge >= 0.3 is 0 Å². The van der Waals surface area contributed by atoms with Crippen LogP contribution in [0.5, 0.6) is 17.2 Å². The van der Waals surface area contributed by atoms with Crippen LogP contribution in [-0.4, -0.2) is 52.2 Å². The average Bonchev–Trinajstić information content (AvgIpc) is 2.71. The predicted octanol–water partition coefficient (Wildman–Crippen LogP) is 3.36. The number of aliphatic hydroxyl groups excluding tert-OH is 1. The lowest BCUT2D eigenvalue weighted by atomic mass is 9.93. The number of phenolic OH excluding ortho intramolecular Hbond substituents is 1. The van der Waals surface area contributed by atoms with E-state index in [4.69, 9.17) is 4.74 Å². The van der Waals surface area contributed by atoms with E-state index in [-0.39, 0.29) is 29.9 Å². The second-order valence-corrected chi connectivity index (χ2v) is 7.64. The number of phenols is 2. The molecule has 0 unspecified atom stereocenters. The predicted molar refractivity (Wildman–Crippen MR) is 116 cm³/mol. The Morgan fingerprint density at radius 1 is 1.00 bits per heavy atom. The van der Waals surface area contributed by atoms with Crippen LogP contribution >= 0.6 is 0 Å². The zero-order chi connectivity index (χ0) is 21.8. The Labute approximate surface area is 176 Å². The fourth-order valence-electron chi connectivity index (χ4n) is 3.43. The summed E-state index contributed by atoms with van der Waals surface area (Å²) in [5.74, 6) is 0.335. The molecular weight excluding hydrogens is 382 g/mol. The summed E-state index contributed by atoms with van der Waals surface area (Å²) in [5.41, 5.74) is 3.10. The maximum atomic E-state index is 13.2. The number of piperidine rings is 1. The van der Waals surface area contributed by atoms with Gasteiger partial charge in [-0.15, -0.1) is 0 Å². The first-order valence-electron chi connectivity index (χ1n) is 9.82. The molecule has 2 aromatic rings. The third kappa shape index (κ3) is 4.72. The number of hydrogen-bond acceptors (Lipinski definition) is 6. The first-order valence-corrected chi connectivity index (χ1v) is 9.82. The normalized spacial score (nSPS) is 17.8. The van der Waals surface area contributed by atoms with Gasteiger partial charge in [-0.05, 0) is 55.3 Å². The van der Waals surface area contributed by atoms with E-state index in [1.54, 1.807) is 48.6 Å². The Bertz CT molecular complexity index is 931. The third-order valence-electron chi connectivity index (χ3n) is 5.22. The van der Waals surface area contributed by atoms with Gasteiger partial charge in [-0.3, -0.25) is 9.69 Å². The van der Waals surface area contributed by atoms with Gasteiger partial charge < -0.3 is 20.1 Å². The van der Waals surface area contributed by atoms with Gasteiger partial charge in [0.05, 0.1) is 13.7 Å². The molecule has 0 aliphatic carbocycles. The summed E-state index contributed by atoms with van der Waals surface area (Å²) in [6, 6.07) is 10.2. The topological polar surface area (TPSA) is 90.2 Å². The summed E-state index contributed by atoms with van der Waals surface area (Å²) in [6.07, 6.45) is 3.56. The summed E-state index contributed by atoms with van der Waals surface area (Å²) < 4.78 is 5.08. The maximum absolute atomic E-state index is 13.2. The van der Waals surface area contributed by atoms with Crippen LogP contribution in [0.4, 0.5) is 0 Å². The van der Waals surface area contributed by atoms with Crippen LogP contribution in [0.3, 0.4) is 0 Å². The van der Waals surface area contributed by atoms with E-state index >= 15 is 0 Å². The number of aromatic hydroxyl groups is 2. The van der Waals surface area contributed by atoms with E-state index in [0.29, 0.717) is 46.7 Å². The molecule has 6 heteroatoms. The molecule has 6 nitrogen and oxygen atoms in total. The summed E-state index contributed by atoms with van der Waals surface area (Å²) in [4.78, 5) is 15.4. The molecule has 0 radical (unpaired) electrons. The number of rotatable bonds is 5. The molecule has 2 aromatic carbocycles. The minimum absolute atomic E-state index is 0.000276. The van der Waals surface area contributed by atoms with Gasteiger partial charge in [0.2, 0.25) is 0 Å². The monoisotopic (exact) mass is 409 g/mol. The fourth-order valence-corrected chi connectivity index (χ4v) is 3.43. The minimum Gasteiger partial charge on any atom is -0.508 e. The van der Waals surface area contributed by atoms with Crippen LogP contribution in [0, 0.1) is 0 Å². The number of nitrogens with zero attached hydrogens (tertiary/aromatic N) is 1. The number of ether oxygens (including phenoxy) is 1. The molecule has 1 aliphatic rings. The molecule has 0 spiro atoms. The van der Waals surface area contributed by atoms with Crippen molar-refractivity contribution in [1.82, 2.24) is 4.90 Å². The second-order valence-electron chi connectivity index (χ2n) is 7.64. The van der Waals surface area contributed by atoms with Gasteiger partial charge in [0.15, 0.2) is 17.3 Å². The number of carbonyl (C=O) groups excluding carboxylic acids is 1. The van der Waals surface area contributed by atoms with Crippen molar-refractivity contribution in [3.8, 4) is 17.2 Å². The molecular formula is C24H27NO5. The largest absolute Gasteiger partial charge is 0.508 e. The number of likely N-dealkylation sites (tertiary alicyclic amines) is 1. The minimum atomic E-state index is -0.246. The molecule has 1 aliphatic heterocycles. The van der Waals surface area contributed by atoms with Crippen LogP contribution in [0.15, 0.2) is 47.5 Å². The average molecular weight is 409 g/mol. The third-order valence-corrected chi connectivity index (χ3v) is 5.22. The van der Waals surface area contributed by atoms with Gasteiger partial charge in [-0.2, -0.15) is 0 Å². The van der Waals surface area contributed by atoms with E-state index < -0.39 is 0 Å². The highest BCUT2D eigenvalue weighted by Crippen LogP contribution is 2.29. The smallest absolute Gasteiger partial charge is 0.187 e. The number of benzene rings is 2. The highest BCUT2D eigenvalue weighted by atomic mass is 16.5. The van der Waals surface area contributed by atoms with Crippen LogP contribution < -0.4 is 4.74 Å². The fraction of sp³-hybridized carbons (Fsp3) is 0.292. The van der Waals surface area contributed by atoms with Gasteiger partial charge in [-0.25, -0.2) is 0 Å². The summed E-state index contributed by atoms with van der Waals surface area (Å²) in [5, 5.41) is 29.3. The number of aliphatic hydroxyl groups is 1. The number of methoxy groups -OCH3 is 1.